The van der Waals surface area contributed by atoms with Crippen LogP contribution in [0.2, 0.25) is 0 Å². The van der Waals surface area contributed by atoms with Gasteiger partial charge in [-0.15, -0.1) is 0 Å². The Labute approximate surface area is 155 Å². The van der Waals surface area contributed by atoms with Gasteiger partial charge in [0.05, 0.1) is 6.61 Å². The van der Waals surface area contributed by atoms with Crippen LogP contribution in [0.1, 0.15) is 0 Å². The van der Waals surface area contributed by atoms with Crippen molar-refractivity contribution in [3.05, 3.63) is 72.8 Å². The van der Waals surface area contributed by atoms with Crippen molar-refractivity contribution in [3.63, 3.8) is 0 Å². The molecule has 26 heavy (non-hydrogen) atoms. The molecule has 0 saturated heterocycles. The lowest BCUT2D eigenvalue weighted by atomic mass is 10.3. The summed E-state index contributed by atoms with van der Waals surface area (Å²) in [6.07, 6.45) is 0. The molecular weight excluding hydrogens is 368 g/mol. The topological polar surface area (TPSA) is 63.6 Å². The summed E-state index contributed by atoms with van der Waals surface area (Å²) in [6, 6.07) is 22.0. The number of sulfone groups is 1. The second-order valence-electron chi connectivity index (χ2n) is 5.75. The summed E-state index contributed by atoms with van der Waals surface area (Å²) in [4.78, 5) is 3.41. The first-order valence-electron chi connectivity index (χ1n) is 8.14. The van der Waals surface area contributed by atoms with E-state index in [0.29, 0.717) is 15.5 Å². The first kappa shape index (κ1) is 17.1. The zero-order chi connectivity index (χ0) is 18.1. The fourth-order valence-corrected chi connectivity index (χ4v) is 7.71. The third-order valence-corrected chi connectivity index (χ3v) is 8.60. The van der Waals surface area contributed by atoms with E-state index in [1.807, 2.05) is 48.5 Å². The predicted octanol–water partition coefficient (Wildman–Crippen LogP) is 3.30. The SMILES string of the molecule is O=S1(=O)c2ccccc2[S+](c2ccc(OCCO)cc2)c2ccccc21. The number of ether oxygens (including phenoxy) is 1. The quantitative estimate of drug-likeness (QED) is 0.548. The third-order valence-electron chi connectivity index (χ3n) is 4.14. The molecule has 0 fully saturated rings. The third kappa shape index (κ3) is 2.80. The summed E-state index contributed by atoms with van der Waals surface area (Å²) in [5, 5.41) is 8.87. The molecule has 0 aliphatic carbocycles. The van der Waals surface area contributed by atoms with E-state index in [1.54, 1.807) is 24.3 Å². The molecule has 132 valence electrons. The Morgan fingerprint density at radius 1 is 0.808 bits per heavy atom. The van der Waals surface area contributed by atoms with Gasteiger partial charge in [-0.05, 0) is 48.5 Å². The van der Waals surface area contributed by atoms with Crippen LogP contribution >= 0.6 is 0 Å². The summed E-state index contributed by atoms with van der Waals surface area (Å²) in [7, 11) is -4.01. The smallest absolute Gasteiger partial charge is 0.216 e. The highest BCUT2D eigenvalue weighted by atomic mass is 32.2. The Kier molecular flexibility index (Phi) is 4.48. The number of rotatable bonds is 4. The number of fused-ring (bicyclic) bond motifs is 2. The van der Waals surface area contributed by atoms with Crippen LogP contribution in [-0.2, 0) is 20.7 Å². The molecule has 4 rings (SSSR count). The fraction of sp³-hybridized carbons (Fsp3) is 0.100. The average Bonchev–Trinajstić information content (AvgIpc) is 2.68. The van der Waals surface area contributed by atoms with Crippen molar-refractivity contribution in [3.8, 4) is 5.75 Å². The van der Waals surface area contributed by atoms with E-state index in [1.165, 1.54) is 0 Å². The molecule has 0 spiro atoms. The van der Waals surface area contributed by atoms with Crippen molar-refractivity contribution in [1.29, 1.82) is 0 Å². The maximum Gasteiger partial charge on any atom is 0.216 e. The summed E-state index contributed by atoms with van der Waals surface area (Å²) < 4.78 is 31.4. The van der Waals surface area contributed by atoms with Crippen LogP contribution in [0.25, 0.3) is 0 Å². The number of hydrogen-bond donors (Lipinski definition) is 1. The van der Waals surface area contributed by atoms with Crippen molar-refractivity contribution in [1.82, 2.24) is 0 Å². The second kappa shape index (κ2) is 6.79. The molecular formula is C20H17O4S2+. The maximum absolute atomic E-state index is 13.0. The number of aliphatic hydroxyl groups is 1. The van der Waals surface area contributed by atoms with Crippen molar-refractivity contribution >= 4 is 20.7 Å². The van der Waals surface area contributed by atoms with E-state index in [2.05, 4.69) is 0 Å². The fourth-order valence-electron chi connectivity index (χ4n) is 3.01. The lowest BCUT2D eigenvalue weighted by molar-refractivity contribution is 0.201. The first-order chi connectivity index (χ1) is 12.6. The molecule has 1 N–H and O–H groups in total. The minimum Gasteiger partial charge on any atom is -0.491 e. The number of benzene rings is 3. The van der Waals surface area contributed by atoms with Gasteiger partial charge in [0.2, 0.25) is 9.84 Å². The normalized spacial score (nSPS) is 15.1. The van der Waals surface area contributed by atoms with E-state index < -0.39 is 20.7 Å². The maximum atomic E-state index is 13.0. The minimum atomic E-state index is -3.51. The van der Waals surface area contributed by atoms with E-state index >= 15 is 0 Å². The van der Waals surface area contributed by atoms with Gasteiger partial charge in [-0.2, -0.15) is 0 Å². The number of hydrogen-bond acceptors (Lipinski definition) is 4. The van der Waals surface area contributed by atoms with Gasteiger partial charge in [-0.3, -0.25) is 0 Å². The van der Waals surface area contributed by atoms with Crippen LogP contribution in [-0.4, -0.2) is 26.7 Å². The van der Waals surface area contributed by atoms with Crippen LogP contribution in [0.15, 0.2) is 97.3 Å². The van der Waals surface area contributed by atoms with Crippen LogP contribution in [0.4, 0.5) is 0 Å². The Balaban J connectivity index is 1.87. The summed E-state index contributed by atoms with van der Waals surface area (Å²) in [5.74, 6) is 0.678. The Morgan fingerprint density at radius 3 is 1.88 bits per heavy atom. The predicted molar refractivity (Wildman–Crippen MR) is 99.5 cm³/mol. The van der Waals surface area contributed by atoms with Crippen LogP contribution in [0, 0.1) is 0 Å². The lowest BCUT2D eigenvalue weighted by Gasteiger charge is -2.19. The standard InChI is InChI=1S/C20H17O4S2/c21-13-14-24-15-9-11-16(12-10-15)25-17-5-1-3-7-19(17)26(22,23)20-8-4-2-6-18(20)25/h1-12,21H,13-14H2/q+1. The van der Waals surface area contributed by atoms with Crippen molar-refractivity contribution in [2.45, 2.75) is 24.5 Å². The minimum absolute atomic E-state index is 0.0370. The van der Waals surface area contributed by atoms with Crippen LogP contribution < -0.4 is 4.74 Å². The first-order valence-corrected chi connectivity index (χ1v) is 10.8. The molecule has 0 aromatic heterocycles. The van der Waals surface area contributed by atoms with Gasteiger partial charge in [0.1, 0.15) is 33.0 Å². The molecule has 4 nitrogen and oxygen atoms in total. The zero-order valence-electron chi connectivity index (χ0n) is 13.8. The number of aliphatic hydroxyl groups excluding tert-OH is 1. The van der Waals surface area contributed by atoms with Gasteiger partial charge in [-0.1, -0.05) is 24.3 Å². The molecule has 1 aliphatic rings. The summed E-state index contributed by atoms with van der Waals surface area (Å²) >= 11 is 0. The highest BCUT2D eigenvalue weighted by Gasteiger charge is 2.44. The molecule has 6 heteroatoms. The molecule has 3 aromatic carbocycles. The van der Waals surface area contributed by atoms with Crippen LogP contribution in [0.3, 0.4) is 0 Å². The largest absolute Gasteiger partial charge is 0.491 e. The monoisotopic (exact) mass is 385 g/mol. The Hall–Kier alpha value is -2.28. The molecule has 3 aromatic rings. The average molecular weight is 385 g/mol. The van der Waals surface area contributed by atoms with Gasteiger partial charge in [0, 0.05) is 0 Å². The summed E-state index contributed by atoms with van der Waals surface area (Å²) in [5.41, 5.74) is 0. The Bertz CT molecular complexity index is 990. The highest BCUT2D eigenvalue weighted by Crippen LogP contribution is 2.44. The van der Waals surface area contributed by atoms with Crippen molar-refractivity contribution in [2.24, 2.45) is 0 Å². The van der Waals surface area contributed by atoms with E-state index in [-0.39, 0.29) is 13.2 Å². The van der Waals surface area contributed by atoms with E-state index in [9.17, 15) is 8.42 Å². The summed E-state index contributed by atoms with van der Waals surface area (Å²) in [6.45, 7) is 0.208. The molecule has 0 unspecified atom stereocenters. The zero-order valence-corrected chi connectivity index (χ0v) is 15.5. The van der Waals surface area contributed by atoms with E-state index in [0.717, 1.165) is 14.7 Å². The molecule has 0 bridgehead atoms. The molecule has 0 saturated carbocycles. The van der Waals surface area contributed by atoms with E-state index in [4.69, 9.17) is 9.84 Å². The Morgan fingerprint density at radius 2 is 1.35 bits per heavy atom. The van der Waals surface area contributed by atoms with Gasteiger partial charge in [-0.25, -0.2) is 8.42 Å². The molecule has 1 heterocycles. The molecule has 0 atom stereocenters. The van der Waals surface area contributed by atoms with Crippen LogP contribution in [0.5, 0.6) is 5.75 Å². The van der Waals surface area contributed by atoms with Gasteiger partial charge in [0.15, 0.2) is 14.7 Å². The highest BCUT2D eigenvalue weighted by molar-refractivity contribution is 8.00. The van der Waals surface area contributed by atoms with Crippen molar-refractivity contribution < 1.29 is 18.3 Å². The molecule has 1 aliphatic heterocycles. The second-order valence-corrected chi connectivity index (χ2v) is 9.60. The van der Waals surface area contributed by atoms with Gasteiger partial charge < -0.3 is 9.84 Å². The molecule has 0 amide bonds. The lowest BCUT2D eigenvalue weighted by Crippen LogP contribution is -2.20. The van der Waals surface area contributed by atoms with Gasteiger partial charge >= 0.3 is 0 Å². The van der Waals surface area contributed by atoms with Crippen molar-refractivity contribution in [2.75, 3.05) is 13.2 Å². The van der Waals surface area contributed by atoms with Gasteiger partial charge in [0.25, 0.3) is 0 Å². The molecule has 0 radical (unpaired) electrons.